The van der Waals surface area contributed by atoms with E-state index >= 15 is 0 Å². The summed E-state index contributed by atoms with van der Waals surface area (Å²) in [4.78, 5) is 22.7. The smallest absolute Gasteiger partial charge is 0.345 e. The Morgan fingerprint density at radius 3 is 1.94 bits per heavy atom. The van der Waals surface area contributed by atoms with Gasteiger partial charge in [-0.05, 0) is 38.1 Å². The molecule has 0 aliphatic carbocycles. The SMILES string of the molecule is [C-]#[N+]c1nc2cn1-c1cccc(n1)C(C)(C)c1cccc(n1)-n1cc(nc1C#N)-c1ccccc1-2. The molecule has 0 saturated heterocycles. The van der Waals surface area contributed by atoms with Crippen LogP contribution in [-0.2, 0) is 5.41 Å². The van der Waals surface area contributed by atoms with Gasteiger partial charge in [0.15, 0.2) is 11.5 Å². The fourth-order valence-electron chi connectivity index (χ4n) is 4.38. The molecule has 8 heteroatoms. The van der Waals surface area contributed by atoms with E-state index in [2.05, 4.69) is 34.7 Å². The van der Waals surface area contributed by atoms with E-state index in [0.717, 1.165) is 22.5 Å². The number of fused-ring (bicyclic) bond motifs is 13. The topological polar surface area (TPSA) is 89.6 Å². The van der Waals surface area contributed by atoms with Gasteiger partial charge in [0.2, 0.25) is 5.82 Å². The van der Waals surface area contributed by atoms with Gasteiger partial charge >= 0.3 is 5.95 Å². The Kier molecular flexibility index (Phi) is 4.38. The largest absolute Gasteiger partial charge is 0.396 e. The average Bonchev–Trinajstić information content (AvgIpc) is 3.53. The van der Waals surface area contributed by atoms with Gasteiger partial charge in [-0.2, -0.15) is 5.26 Å². The second kappa shape index (κ2) is 7.47. The predicted octanol–water partition coefficient (Wildman–Crippen LogP) is 5.24. The monoisotopic (exact) mass is 454 g/mol. The first-order valence-electron chi connectivity index (χ1n) is 11.0. The Balaban J connectivity index is 1.73. The van der Waals surface area contributed by atoms with E-state index in [1.807, 2.05) is 73.1 Å². The number of nitriles is 1. The van der Waals surface area contributed by atoms with Crippen LogP contribution in [0.5, 0.6) is 0 Å². The number of imidazole rings is 2. The quantitative estimate of drug-likeness (QED) is 0.298. The second-order valence-corrected chi connectivity index (χ2v) is 8.77. The summed E-state index contributed by atoms with van der Waals surface area (Å²) in [6.45, 7) is 11.8. The molecule has 1 aliphatic heterocycles. The first-order valence-corrected chi connectivity index (χ1v) is 11.0. The molecule has 6 rings (SSSR count). The first kappa shape index (κ1) is 20.5. The molecule has 0 amide bonds. The van der Waals surface area contributed by atoms with Crippen molar-refractivity contribution in [1.82, 2.24) is 29.1 Å². The maximum atomic E-state index is 9.85. The summed E-state index contributed by atoms with van der Waals surface area (Å²) >= 11 is 0. The van der Waals surface area contributed by atoms with Crippen molar-refractivity contribution in [1.29, 1.82) is 5.26 Å². The van der Waals surface area contributed by atoms with Crippen molar-refractivity contribution >= 4 is 5.95 Å². The summed E-state index contributed by atoms with van der Waals surface area (Å²) in [6.07, 6.45) is 3.65. The maximum Gasteiger partial charge on any atom is 0.345 e. The van der Waals surface area contributed by atoms with Gasteiger partial charge in [-0.25, -0.2) is 19.5 Å². The van der Waals surface area contributed by atoms with Crippen LogP contribution in [0.4, 0.5) is 5.95 Å². The van der Waals surface area contributed by atoms with Crippen molar-refractivity contribution in [2.45, 2.75) is 19.3 Å². The Labute approximate surface area is 201 Å². The zero-order valence-electron chi connectivity index (χ0n) is 19.0. The molecular weight excluding hydrogens is 436 g/mol. The minimum absolute atomic E-state index is 0.215. The lowest BCUT2D eigenvalue weighted by atomic mass is 9.84. The minimum atomic E-state index is -0.549. The summed E-state index contributed by atoms with van der Waals surface area (Å²) in [5.41, 5.74) is 3.90. The van der Waals surface area contributed by atoms with E-state index in [4.69, 9.17) is 16.5 Å². The highest BCUT2D eigenvalue weighted by Crippen LogP contribution is 2.35. The number of hydrogen-bond acceptors (Lipinski definition) is 5. The first-order chi connectivity index (χ1) is 17.0. The Morgan fingerprint density at radius 1 is 0.771 bits per heavy atom. The molecule has 35 heavy (non-hydrogen) atoms. The van der Waals surface area contributed by atoms with Crippen molar-refractivity contribution in [2.75, 3.05) is 0 Å². The predicted molar refractivity (Wildman–Crippen MR) is 130 cm³/mol. The van der Waals surface area contributed by atoms with Crippen LogP contribution in [0.3, 0.4) is 0 Å². The third-order valence-corrected chi connectivity index (χ3v) is 6.32. The highest BCUT2D eigenvalue weighted by molar-refractivity contribution is 5.81. The van der Waals surface area contributed by atoms with Gasteiger partial charge < -0.3 is 4.85 Å². The number of rotatable bonds is 0. The van der Waals surface area contributed by atoms with Crippen LogP contribution in [0.15, 0.2) is 73.1 Å². The van der Waals surface area contributed by atoms with Crippen molar-refractivity contribution in [3.8, 4) is 40.2 Å². The average molecular weight is 454 g/mol. The van der Waals surface area contributed by atoms with Crippen molar-refractivity contribution < 1.29 is 0 Å². The van der Waals surface area contributed by atoms with Crippen molar-refractivity contribution in [3.05, 3.63) is 102 Å². The standard InChI is InChI=1S/C27H18N8/c1-27(2)21-10-6-12-23(32-21)34-15-19(30-25(34)14-28)17-8-4-5-9-18(17)20-16-35(26(29-3)31-20)24-13-7-11-22(27)33-24/h4-13,15-16H,1-2H3. The van der Waals surface area contributed by atoms with Gasteiger partial charge in [0.1, 0.15) is 11.9 Å². The van der Waals surface area contributed by atoms with Crippen LogP contribution in [-0.4, -0.2) is 29.1 Å². The zero-order valence-corrected chi connectivity index (χ0v) is 19.0. The number of aromatic nitrogens is 6. The highest BCUT2D eigenvalue weighted by atomic mass is 15.2. The summed E-state index contributed by atoms with van der Waals surface area (Å²) in [5.74, 6) is 1.66. The molecule has 0 spiro atoms. The van der Waals surface area contributed by atoms with E-state index in [0.29, 0.717) is 23.0 Å². The normalized spacial score (nSPS) is 13.0. The number of hydrogen-bond donors (Lipinski definition) is 0. The summed E-state index contributed by atoms with van der Waals surface area (Å²) in [5, 5.41) is 9.85. The highest BCUT2D eigenvalue weighted by Gasteiger charge is 2.29. The minimum Gasteiger partial charge on any atom is -0.396 e. The molecule has 0 atom stereocenters. The lowest BCUT2D eigenvalue weighted by Crippen LogP contribution is -2.23. The van der Waals surface area contributed by atoms with Crippen LogP contribution < -0.4 is 0 Å². The van der Waals surface area contributed by atoms with Gasteiger partial charge in [0, 0.05) is 22.7 Å². The van der Waals surface area contributed by atoms with Crippen LogP contribution in [0.1, 0.15) is 31.1 Å². The Morgan fingerprint density at radius 2 is 1.34 bits per heavy atom. The molecular formula is C27H18N8. The zero-order chi connectivity index (χ0) is 24.2. The molecule has 5 heterocycles. The van der Waals surface area contributed by atoms with Gasteiger partial charge in [-0.1, -0.05) is 36.4 Å². The summed E-state index contributed by atoms with van der Waals surface area (Å²) in [6, 6.07) is 21.4. The maximum absolute atomic E-state index is 9.85. The van der Waals surface area contributed by atoms with Gasteiger partial charge in [-0.3, -0.25) is 4.57 Å². The van der Waals surface area contributed by atoms with Crippen LogP contribution >= 0.6 is 0 Å². The van der Waals surface area contributed by atoms with E-state index in [9.17, 15) is 5.26 Å². The van der Waals surface area contributed by atoms with Crippen molar-refractivity contribution in [3.63, 3.8) is 0 Å². The molecule has 0 unspecified atom stereocenters. The van der Waals surface area contributed by atoms with Gasteiger partial charge in [0.25, 0.3) is 0 Å². The lowest BCUT2D eigenvalue weighted by Gasteiger charge is -2.24. The third kappa shape index (κ3) is 3.12. The van der Waals surface area contributed by atoms with Crippen LogP contribution in [0.25, 0.3) is 39.0 Å². The molecule has 0 radical (unpaired) electrons. The fraction of sp³-hybridized carbons (Fsp3) is 0.111. The second-order valence-electron chi connectivity index (χ2n) is 8.77. The Bertz CT molecular complexity index is 1580. The van der Waals surface area contributed by atoms with Gasteiger partial charge in [-0.15, -0.1) is 11.6 Å². The Hall–Kier alpha value is -5.08. The molecule has 1 aromatic carbocycles. The summed E-state index contributed by atoms with van der Waals surface area (Å²) < 4.78 is 3.42. The van der Waals surface area contributed by atoms with Crippen LogP contribution in [0.2, 0.25) is 0 Å². The van der Waals surface area contributed by atoms with E-state index in [1.165, 1.54) is 0 Å². The molecule has 8 nitrogen and oxygen atoms in total. The number of pyridine rings is 2. The van der Waals surface area contributed by atoms with E-state index < -0.39 is 5.41 Å². The molecule has 0 N–H and O–H groups in total. The lowest BCUT2D eigenvalue weighted by molar-refractivity contribution is 0.591. The molecule has 8 bridgehead atoms. The van der Waals surface area contributed by atoms with Gasteiger partial charge in [0.05, 0.1) is 23.3 Å². The summed E-state index contributed by atoms with van der Waals surface area (Å²) in [7, 11) is 0. The molecule has 0 saturated carbocycles. The molecule has 0 fully saturated rings. The third-order valence-electron chi connectivity index (χ3n) is 6.32. The number of nitrogens with zero attached hydrogens (tertiary/aromatic N) is 8. The molecule has 166 valence electrons. The number of benzene rings is 1. The molecule has 4 aromatic heterocycles. The van der Waals surface area contributed by atoms with Crippen LogP contribution in [0, 0.1) is 17.9 Å². The molecule has 1 aliphatic rings. The van der Waals surface area contributed by atoms with Crippen molar-refractivity contribution in [2.24, 2.45) is 0 Å². The fourth-order valence-corrected chi connectivity index (χ4v) is 4.38. The van der Waals surface area contributed by atoms with E-state index in [1.54, 1.807) is 9.13 Å². The van der Waals surface area contributed by atoms with E-state index in [-0.39, 0.29) is 11.8 Å². The molecule has 5 aromatic rings.